The Bertz CT molecular complexity index is 801. The minimum atomic E-state index is 0.488. The summed E-state index contributed by atoms with van der Waals surface area (Å²) in [7, 11) is 1.93. The molecule has 3 aromatic heterocycles. The molecule has 0 unspecified atom stereocenters. The lowest BCUT2D eigenvalue weighted by Crippen LogP contribution is -2.39. The van der Waals surface area contributed by atoms with E-state index in [1.165, 1.54) is 0 Å². The molecule has 0 aliphatic carbocycles. The molecule has 0 bridgehead atoms. The van der Waals surface area contributed by atoms with Gasteiger partial charge in [0.05, 0.1) is 17.6 Å². The quantitative estimate of drug-likeness (QED) is 0.801. The Kier molecular flexibility index (Phi) is 3.65. The first kappa shape index (κ1) is 14.4. The summed E-state index contributed by atoms with van der Waals surface area (Å²) in [4.78, 5) is 11.3. The van der Waals surface area contributed by atoms with Gasteiger partial charge in [-0.2, -0.15) is 5.10 Å². The second-order valence-corrected chi connectivity index (χ2v) is 6.90. The van der Waals surface area contributed by atoms with E-state index < -0.39 is 0 Å². The Morgan fingerprint density at radius 2 is 2.09 bits per heavy atom. The molecule has 0 aromatic carbocycles. The molecule has 1 aliphatic heterocycles. The van der Waals surface area contributed by atoms with Crippen LogP contribution in [0, 0.1) is 6.92 Å². The van der Waals surface area contributed by atoms with Crippen LogP contribution in [-0.2, 0) is 7.05 Å². The van der Waals surface area contributed by atoms with Crippen molar-refractivity contribution < 1.29 is 0 Å². The topological polar surface area (TPSA) is 58.9 Å². The number of rotatable bonds is 3. The van der Waals surface area contributed by atoms with Gasteiger partial charge in [-0.15, -0.1) is 11.3 Å². The molecule has 1 fully saturated rings. The number of hydrogen-bond donors (Lipinski definition) is 1. The van der Waals surface area contributed by atoms with E-state index in [0.717, 1.165) is 53.5 Å². The van der Waals surface area contributed by atoms with Gasteiger partial charge in [-0.25, -0.2) is 9.97 Å². The monoisotopic (exact) mass is 328 g/mol. The van der Waals surface area contributed by atoms with Gasteiger partial charge < -0.3 is 10.2 Å². The number of hydrogen-bond acceptors (Lipinski definition) is 6. The zero-order chi connectivity index (χ0) is 15.8. The summed E-state index contributed by atoms with van der Waals surface area (Å²) in [5.41, 5.74) is 3.05. The largest absolute Gasteiger partial charge is 0.381 e. The highest BCUT2D eigenvalue weighted by atomic mass is 32.1. The van der Waals surface area contributed by atoms with Gasteiger partial charge in [0.2, 0.25) is 0 Å². The standard InChI is InChI=1S/C16H20N6S/c1-11-14-9-13(10-18-15(14)21(2)20-11)19-12-3-6-22(7-4-12)16-17-5-8-23-16/h5,8-10,12,19H,3-4,6-7H2,1-2H3. The summed E-state index contributed by atoms with van der Waals surface area (Å²) >= 11 is 1.72. The van der Waals surface area contributed by atoms with Crippen LogP contribution >= 0.6 is 11.3 Å². The van der Waals surface area contributed by atoms with E-state index in [4.69, 9.17) is 0 Å². The average Bonchev–Trinajstić information content (AvgIpc) is 3.18. The molecule has 1 saturated heterocycles. The van der Waals surface area contributed by atoms with Crippen molar-refractivity contribution in [3.8, 4) is 0 Å². The van der Waals surface area contributed by atoms with Crippen molar-refractivity contribution in [2.75, 3.05) is 23.3 Å². The van der Waals surface area contributed by atoms with E-state index in [1.54, 1.807) is 11.3 Å². The Labute approximate surface area is 139 Å². The van der Waals surface area contributed by atoms with Gasteiger partial charge in [0.25, 0.3) is 0 Å². The van der Waals surface area contributed by atoms with E-state index in [1.807, 2.05) is 36.4 Å². The molecule has 6 nitrogen and oxygen atoms in total. The molecular weight excluding hydrogens is 308 g/mol. The van der Waals surface area contributed by atoms with Gasteiger partial charge in [0.1, 0.15) is 0 Å². The molecule has 7 heteroatoms. The third-order valence-corrected chi connectivity index (χ3v) is 5.25. The average molecular weight is 328 g/mol. The molecule has 120 valence electrons. The summed E-state index contributed by atoms with van der Waals surface area (Å²) in [6.07, 6.45) is 6.02. The Morgan fingerprint density at radius 3 is 2.83 bits per heavy atom. The van der Waals surface area contributed by atoms with Crippen molar-refractivity contribution in [3.05, 3.63) is 29.5 Å². The molecule has 0 radical (unpaired) electrons. The van der Waals surface area contributed by atoms with Gasteiger partial charge >= 0.3 is 0 Å². The number of aryl methyl sites for hydroxylation is 2. The van der Waals surface area contributed by atoms with Crippen molar-refractivity contribution >= 4 is 33.2 Å². The summed E-state index contributed by atoms with van der Waals surface area (Å²) in [6, 6.07) is 2.65. The van der Waals surface area contributed by atoms with E-state index in [9.17, 15) is 0 Å². The molecule has 0 amide bonds. The fourth-order valence-corrected chi connectivity index (χ4v) is 3.91. The van der Waals surface area contributed by atoms with E-state index in [-0.39, 0.29) is 0 Å². The molecule has 1 N–H and O–H groups in total. The number of nitrogens with one attached hydrogen (secondary N) is 1. The fourth-order valence-electron chi connectivity index (χ4n) is 3.21. The first-order valence-electron chi connectivity index (χ1n) is 7.91. The summed E-state index contributed by atoms with van der Waals surface area (Å²) < 4.78 is 1.83. The van der Waals surface area contributed by atoms with E-state index >= 15 is 0 Å². The normalized spacial score (nSPS) is 16.2. The minimum absolute atomic E-state index is 0.488. The second-order valence-electron chi connectivity index (χ2n) is 6.02. The summed E-state index contributed by atoms with van der Waals surface area (Å²) in [5.74, 6) is 0. The van der Waals surface area contributed by atoms with Crippen LogP contribution in [0.1, 0.15) is 18.5 Å². The number of piperidine rings is 1. The fraction of sp³-hybridized carbons (Fsp3) is 0.438. The molecule has 0 saturated carbocycles. The summed E-state index contributed by atoms with van der Waals surface area (Å²) in [6.45, 7) is 4.12. The van der Waals surface area contributed by atoms with Crippen LogP contribution in [0.5, 0.6) is 0 Å². The predicted octanol–water partition coefficient (Wildman–Crippen LogP) is 2.81. The molecule has 0 atom stereocenters. The number of nitrogens with zero attached hydrogens (tertiary/aromatic N) is 5. The zero-order valence-corrected chi connectivity index (χ0v) is 14.2. The van der Waals surface area contributed by atoms with Gasteiger partial charge in [-0.3, -0.25) is 4.68 Å². The van der Waals surface area contributed by atoms with Gasteiger partial charge in [-0.05, 0) is 25.8 Å². The van der Waals surface area contributed by atoms with E-state index in [2.05, 4.69) is 31.3 Å². The van der Waals surface area contributed by atoms with Gasteiger partial charge in [0.15, 0.2) is 10.8 Å². The Balaban J connectivity index is 1.44. The Hall–Kier alpha value is -2.15. The maximum Gasteiger partial charge on any atom is 0.185 e. The highest BCUT2D eigenvalue weighted by Crippen LogP contribution is 2.25. The van der Waals surface area contributed by atoms with Crippen molar-refractivity contribution in [3.63, 3.8) is 0 Å². The highest BCUT2D eigenvalue weighted by molar-refractivity contribution is 7.13. The molecule has 23 heavy (non-hydrogen) atoms. The van der Waals surface area contributed by atoms with E-state index in [0.29, 0.717) is 6.04 Å². The van der Waals surface area contributed by atoms with Gasteiger partial charge in [-0.1, -0.05) is 0 Å². The van der Waals surface area contributed by atoms with Crippen LogP contribution in [0.25, 0.3) is 11.0 Å². The Morgan fingerprint density at radius 1 is 1.26 bits per heavy atom. The molecule has 3 aromatic rings. The van der Waals surface area contributed by atoms with Crippen molar-refractivity contribution in [2.24, 2.45) is 7.05 Å². The van der Waals surface area contributed by atoms with Crippen LogP contribution in [0.15, 0.2) is 23.8 Å². The molecular formula is C16H20N6S. The summed E-state index contributed by atoms with van der Waals surface area (Å²) in [5, 5.41) is 12.4. The van der Waals surface area contributed by atoms with Crippen molar-refractivity contribution in [1.82, 2.24) is 19.7 Å². The third kappa shape index (κ3) is 2.76. The second kappa shape index (κ2) is 5.81. The number of anilines is 2. The number of thiazole rings is 1. The van der Waals surface area contributed by atoms with Crippen molar-refractivity contribution in [2.45, 2.75) is 25.8 Å². The maximum absolute atomic E-state index is 4.54. The lowest BCUT2D eigenvalue weighted by atomic mass is 10.1. The molecule has 1 aliphatic rings. The maximum atomic E-state index is 4.54. The smallest absolute Gasteiger partial charge is 0.185 e. The number of aromatic nitrogens is 4. The molecule has 4 heterocycles. The predicted molar refractivity (Wildman–Crippen MR) is 94.2 cm³/mol. The van der Waals surface area contributed by atoms with Crippen LogP contribution in [-0.4, -0.2) is 38.9 Å². The van der Waals surface area contributed by atoms with Crippen LogP contribution in [0.2, 0.25) is 0 Å². The first-order chi connectivity index (χ1) is 11.2. The third-order valence-electron chi connectivity index (χ3n) is 4.42. The zero-order valence-electron chi connectivity index (χ0n) is 13.4. The van der Waals surface area contributed by atoms with Crippen molar-refractivity contribution in [1.29, 1.82) is 0 Å². The molecule has 0 spiro atoms. The van der Waals surface area contributed by atoms with Crippen LogP contribution in [0.3, 0.4) is 0 Å². The SMILES string of the molecule is Cc1nn(C)c2ncc(NC3CCN(c4nccs4)CC3)cc12. The minimum Gasteiger partial charge on any atom is -0.381 e. The van der Waals surface area contributed by atoms with Gasteiger partial charge in [0, 0.05) is 43.1 Å². The molecule has 4 rings (SSSR count). The highest BCUT2D eigenvalue weighted by Gasteiger charge is 2.21. The lowest BCUT2D eigenvalue weighted by Gasteiger charge is -2.32. The first-order valence-corrected chi connectivity index (χ1v) is 8.79. The van der Waals surface area contributed by atoms with Crippen LogP contribution in [0.4, 0.5) is 10.8 Å². The van der Waals surface area contributed by atoms with Crippen LogP contribution < -0.4 is 10.2 Å². The number of pyridine rings is 1. The lowest BCUT2D eigenvalue weighted by molar-refractivity contribution is 0.526. The number of fused-ring (bicyclic) bond motifs is 1.